The molecule has 0 aliphatic carbocycles. The molecule has 0 bridgehead atoms. The van der Waals surface area contributed by atoms with E-state index in [1.54, 1.807) is 29.9 Å². The van der Waals surface area contributed by atoms with Crippen molar-refractivity contribution >= 4 is 15.7 Å². The molecule has 1 aromatic carbocycles. The van der Waals surface area contributed by atoms with Gasteiger partial charge >= 0.3 is 0 Å². The van der Waals surface area contributed by atoms with Crippen molar-refractivity contribution in [2.75, 3.05) is 12.3 Å². The van der Waals surface area contributed by atoms with Crippen LogP contribution in [0.1, 0.15) is 12.0 Å². The summed E-state index contributed by atoms with van der Waals surface area (Å²) in [4.78, 5) is 0.269. The van der Waals surface area contributed by atoms with Crippen molar-refractivity contribution in [3.8, 4) is 0 Å². The van der Waals surface area contributed by atoms with Crippen LogP contribution in [0.25, 0.3) is 0 Å². The number of sulfonamides is 1. The second kappa shape index (κ2) is 6.06. The summed E-state index contributed by atoms with van der Waals surface area (Å²) in [6.07, 6.45) is 4.22. The highest BCUT2D eigenvalue weighted by Crippen LogP contribution is 2.17. The summed E-state index contributed by atoms with van der Waals surface area (Å²) in [5.41, 5.74) is 6.82. The third-order valence-corrected chi connectivity index (χ3v) is 4.53. The Morgan fingerprint density at radius 2 is 2.20 bits per heavy atom. The Hall–Kier alpha value is -1.86. The van der Waals surface area contributed by atoms with Gasteiger partial charge in [0.05, 0.1) is 4.90 Å². The number of hydrogen-bond acceptors (Lipinski definition) is 4. The molecule has 0 saturated carbocycles. The number of rotatable bonds is 6. The molecule has 0 aliphatic rings. The number of nitrogens with one attached hydrogen (secondary N) is 1. The first-order chi connectivity index (χ1) is 9.49. The minimum absolute atomic E-state index is 0.269. The van der Waals surface area contributed by atoms with Gasteiger partial charge in [0.15, 0.2) is 0 Å². The van der Waals surface area contributed by atoms with Gasteiger partial charge in [-0.25, -0.2) is 13.1 Å². The third-order valence-electron chi connectivity index (χ3n) is 2.90. The fraction of sp³-hybridized carbons (Fsp3) is 0.308. The van der Waals surface area contributed by atoms with Crippen molar-refractivity contribution in [2.24, 2.45) is 0 Å². The first-order valence-electron chi connectivity index (χ1n) is 6.32. The van der Waals surface area contributed by atoms with Crippen molar-refractivity contribution < 1.29 is 8.42 Å². The smallest absolute Gasteiger partial charge is 0.240 e. The summed E-state index contributed by atoms with van der Waals surface area (Å²) < 4.78 is 28.7. The van der Waals surface area contributed by atoms with Crippen molar-refractivity contribution in [3.63, 3.8) is 0 Å². The van der Waals surface area contributed by atoms with E-state index in [2.05, 4.69) is 9.82 Å². The number of anilines is 1. The normalized spacial score (nSPS) is 11.7. The Labute approximate surface area is 118 Å². The van der Waals surface area contributed by atoms with Crippen LogP contribution in [0.2, 0.25) is 0 Å². The van der Waals surface area contributed by atoms with Crippen LogP contribution in [0.3, 0.4) is 0 Å². The zero-order valence-corrected chi connectivity index (χ0v) is 12.1. The molecule has 1 heterocycles. The summed E-state index contributed by atoms with van der Waals surface area (Å²) in [5, 5.41) is 4.06. The lowest BCUT2D eigenvalue weighted by Gasteiger charge is -2.10. The van der Waals surface area contributed by atoms with Crippen LogP contribution in [0, 0.1) is 6.92 Å². The Morgan fingerprint density at radius 1 is 1.40 bits per heavy atom. The first-order valence-corrected chi connectivity index (χ1v) is 7.80. The fourth-order valence-electron chi connectivity index (χ4n) is 1.93. The number of aromatic nitrogens is 2. The minimum atomic E-state index is -3.48. The molecule has 0 saturated heterocycles. The molecule has 20 heavy (non-hydrogen) atoms. The zero-order chi connectivity index (χ0) is 14.6. The van der Waals surface area contributed by atoms with Crippen LogP contribution in [0.15, 0.2) is 41.6 Å². The van der Waals surface area contributed by atoms with Gasteiger partial charge in [-0.15, -0.1) is 0 Å². The predicted octanol–water partition coefficient (Wildman–Crippen LogP) is 1.14. The van der Waals surface area contributed by atoms with Crippen LogP contribution < -0.4 is 10.5 Å². The summed E-state index contributed by atoms with van der Waals surface area (Å²) in [6, 6.07) is 6.60. The third kappa shape index (κ3) is 3.58. The number of nitrogens with two attached hydrogens (primary N) is 1. The highest BCUT2D eigenvalue weighted by Gasteiger charge is 2.15. The van der Waals surface area contributed by atoms with Crippen molar-refractivity contribution in [1.29, 1.82) is 0 Å². The SMILES string of the molecule is Cc1cc(N)ccc1S(=O)(=O)NCCCn1cccn1. The zero-order valence-electron chi connectivity index (χ0n) is 11.3. The highest BCUT2D eigenvalue weighted by atomic mass is 32.2. The van der Waals surface area contributed by atoms with Crippen LogP contribution in [-0.2, 0) is 16.6 Å². The second-order valence-corrected chi connectivity index (χ2v) is 6.28. The molecule has 0 fully saturated rings. The summed E-state index contributed by atoms with van der Waals surface area (Å²) in [5.74, 6) is 0. The Balaban J connectivity index is 1.93. The van der Waals surface area contributed by atoms with Gasteiger partial charge in [0.25, 0.3) is 0 Å². The Bertz CT molecular complexity index is 666. The maximum atomic E-state index is 12.2. The lowest BCUT2D eigenvalue weighted by atomic mass is 10.2. The van der Waals surface area contributed by atoms with E-state index in [0.717, 1.165) is 0 Å². The Morgan fingerprint density at radius 3 is 2.85 bits per heavy atom. The average Bonchev–Trinajstić information content (AvgIpc) is 2.87. The van der Waals surface area contributed by atoms with Crippen LogP contribution in [-0.4, -0.2) is 24.7 Å². The van der Waals surface area contributed by atoms with Crippen molar-refractivity contribution in [2.45, 2.75) is 24.8 Å². The molecular formula is C13H18N4O2S. The standard InChI is InChI=1S/C13H18N4O2S/c1-11-10-12(14)4-5-13(11)20(18,19)16-7-3-9-17-8-2-6-15-17/h2,4-6,8,10,16H,3,7,9,14H2,1H3. The molecule has 0 amide bonds. The van der Waals surface area contributed by atoms with Gasteiger partial charge in [0.2, 0.25) is 10.0 Å². The molecule has 2 rings (SSSR count). The molecular weight excluding hydrogens is 276 g/mol. The summed E-state index contributed by atoms with van der Waals surface area (Å²) in [7, 11) is -3.48. The molecule has 7 heteroatoms. The number of hydrogen-bond donors (Lipinski definition) is 2. The minimum Gasteiger partial charge on any atom is -0.399 e. The number of aryl methyl sites for hydroxylation is 2. The maximum absolute atomic E-state index is 12.2. The first kappa shape index (κ1) is 14.5. The van der Waals surface area contributed by atoms with Gasteiger partial charge in [-0.1, -0.05) is 0 Å². The predicted molar refractivity (Wildman–Crippen MR) is 77.6 cm³/mol. The monoisotopic (exact) mass is 294 g/mol. The van der Waals surface area contributed by atoms with E-state index in [9.17, 15) is 8.42 Å². The molecule has 6 nitrogen and oxygen atoms in total. The quantitative estimate of drug-likeness (QED) is 0.617. The van der Waals surface area contributed by atoms with E-state index in [4.69, 9.17) is 5.73 Å². The molecule has 0 aliphatic heterocycles. The summed E-state index contributed by atoms with van der Waals surface area (Å²) in [6.45, 7) is 2.77. The second-order valence-electron chi connectivity index (χ2n) is 4.55. The van der Waals surface area contributed by atoms with Gasteiger partial charge in [-0.05, 0) is 43.2 Å². The van der Waals surface area contributed by atoms with Crippen LogP contribution in [0.5, 0.6) is 0 Å². The van der Waals surface area contributed by atoms with Crippen molar-refractivity contribution in [1.82, 2.24) is 14.5 Å². The molecule has 3 N–H and O–H groups in total. The average molecular weight is 294 g/mol. The largest absolute Gasteiger partial charge is 0.399 e. The molecule has 1 aromatic heterocycles. The van der Waals surface area contributed by atoms with Gasteiger partial charge in [-0.3, -0.25) is 4.68 Å². The van der Waals surface area contributed by atoms with Gasteiger partial charge < -0.3 is 5.73 Å². The van der Waals surface area contributed by atoms with Gasteiger partial charge in [-0.2, -0.15) is 5.10 Å². The Kier molecular flexibility index (Phi) is 4.41. The summed E-state index contributed by atoms with van der Waals surface area (Å²) >= 11 is 0. The molecule has 2 aromatic rings. The van der Waals surface area contributed by atoms with E-state index >= 15 is 0 Å². The maximum Gasteiger partial charge on any atom is 0.240 e. The topological polar surface area (TPSA) is 90.0 Å². The number of nitrogen functional groups attached to an aromatic ring is 1. The van der Waals surface area contributed by atoms with Gasteiger partial charge in [0.1, 0.15) is 0 Å². The number of nitrogens with zero attached hydrogens (tertiary/aromatic N) is 2. The molecule has 108 valence electrons. The van der Waals surface area contributed by atoms with Crippen molar-refractivity contribution in [3.05, 3.63) is 42.2 Å². The van der Waals surface area contributed by atoms with E-state index in [0.29, 0.717) is 30.8 Å². The van der Waals surface area contributed by atoms with Crippen LogP contribution in [0.4, 0.5) is 5.69 Å². The lowest BCUT2D eigenvalue weighted by molar-refractivity contribution is 0.552. The van der Waals surface area contributed by atoms with E-state index in [1.807, 2.05) is 12.3 Å². The molecule has 0 spiro atoms. The van der Waals surface area contributed by atoms with E-state index < -0.39 is 10.0 Å². The number of benzene rings is 1. The molecule has 0 unspecified atom stereocenters. The van der Waals surface area contributed by atoms with Gasteiger partial charge in [0, 0.05) is 31.2 Å². The molecule has 0 atom stereocenters. The van der Waals surface area contributed by atoms with E-state index in [-0.39, 0.29) is 4.90 Å². The lowest BCUT2D eigenvalue weighted by Crippen LogP contribution is -2.26. The highest BCUT2D eigenvalue weighted by molar-refractivity contribution is 7.89. The fourth-order valence-corrected chi connectivity index (χ4v) is 3.23. The molecule has 0 radical (unpaired) electrons. The van der Waals surface area contributed by atoms with Crippen LogP contribution >= 0.6 is 0 Å². The van der Waals surface area contributed by atoms with E-state index in [1.165, 1.54) is 6.07 Å².